The summed E-state index contributed by atoms with van der Waals surface area (Å²) in [4.78, 5) is 22.9. The van der Waals surface area contributed by atoms with Crippen molar-refractivity contribution in [3.63, 3.8) is 0 Å². The molecule has 1 aliphatic carbocycles. The highest BCUT2D eigenvalue weighted by Crippen LogP contribution is 2.42. The van der Waals surface area contributed by atoms with Crippen LogP contribution in [0.25, 0.3) is 0 Å². The third-order valence-electron chi connectivity index (χ3n) is 3.71. The van der Waals surface area contributed by atoms with E-state index in [1.165, 1.54) is 0 Å². The first-order valence-corrected chi connectivity index (χ1v) is 5.47. The van der Waals surface area contributed by atoms with E-state index in [9.17, 15) is 30.0 Å². The molecule has 0 aromatic heterocycles. The van der Waals surface area contributed by atoms with Crippen LogP contribution in [0, 0.1) is 5.92 Å². The minimum absolute atomic E-state index is 0.646. The molecular weight excluding hydrogens is 246 g/mol. The Bertz CT molecular complexity index is 386. The van der Waals surface area contributed by atoms with Gasteiger partial charge in [0.05, 0.1) is 25.7 Å². The van der Waals surface area contributed by atoms with Gasteiger partial charge in [0.2, 0.25) is 0 Å². The Kier molecular flexibility index (Phi) is 3.06. The molecule has 0 bridgehead atoms. The normalized spacial score (nSPS) is 46.7. The fourth-order valence-electron chi connectivity index (χ4n) is 2.72. The lowest BCUT2D eigenvalue weighted by Crippen LogP contribution is -2.50. The Hall–Kier alpha value is -1.22. The van der Waals surface area contributed by atoms with Crippen molar-refractivity contribution in [1.82, 2.24) is 5.32 Å². The standard InChI is InChI=1S/C10H15NO7/c1-18-3(12)2-10(17)4-5(11-9(10)16)7(14)8(15)6(4)13/h4-8,13-15,17H,2H2,1H3,(H,11,16)/t4-,5+,6-,7+,8+,10+/m1/s1. The Morgan fingerprint density at radius 1 is 1.33 bits per heavy atom. The molecule has 2 fully saturated rings. The van der Waals surface area contributed by atoms with E-state index in [-0.39, 0.29) is 0 Å². The van der Waals surface area contributed by atoms with Crippen molar-refractivity contribution in [2.45, 2.75) is 36.4 Å². The van der Waals surface area contributed by atoms with E-state index in [4.69, 9.17) is 0 Å². The molecule has 0 aromatic rings. The number of nitrogens with one attached hydrogen (secondary N) is 1. The van der Waals surface area contributed by atoms with Crippen LogP contribution in [-0.2, 0) is 14.3 Å². The average molecular weight is 261 g/mol. The summed E-state index contributed by atoms with van der Waals surface area (Å²) < 4.78 is 4.38. The van der Waals surface area contributed by atoms with Crippen molar-refractivity contribution in [1.29, 1.82) is 0 Å². The summed E-state index contributed by atoms with van der Waals surface area (Å²) in [7, 11) is 1.10. The maximum absolute atomic E-state index is 11.7. The SMILES string of the molecule is COC(=O)C[C@@]1(O)C(=O)N[C@@H]2[C@H](O)[C@@H](O)[C@H](O)[C@@H]21. The highest BCUT2D eigenvalue weighted by atomic mass is 16.5. The van der Waals surface area contributed by atoms with E-state index in [0.29, 0.717) is 0 Å². The predicted octanol–water partition coefficient (Wildman–Crippen LogP) is -3.51. The number of esters is 1. The maximum Gasteiger partial charge on any atom is 0.309 e. The molecule has 2 aliphatic rings. The summed E-state index contributed by atoms with van der Waals surface area (Å²) >= 11 is 0. The van der Waals surface area contributed by atoms with Crippen LogP contribution in [0.15, 0.2) is 0 Å². The van der Waals surface area contributed by atoms with E-state index in [1.807, 2.05) is 0 Å². The van der Waals surface area contributed by atoms with E-state index in [1.54, 1.807) is 0 Å². The van der Waals surface area contributed by atoms with Crippen molar-refractivity contribution >= 4 is 11.9 Å². The van der Waals surface area contributed by atoms with Crippen LogP contribution in [0.2, 0.25) is 0 Å². The van der Waals surface area contributed by atoms with Crippen molar-refractivity contribution in [3.05, 3.63) is 0 Å². The van der Waals surface area contributed by atoms with Gasteiger partial charge in [-0.1, -0.05) is 0 Å². The second kappa shape index (κ2) is 4.16. The number of methoxy groups -OCH3 is 1. The van der Waals surface area contributed by atoms with Crippen molar-refractivity contribution in [2.75, 3.05) is 7.11 Å². The minimum Gasteiger partial charge on any atom is -0.469 e. The molecule has 1 saturated heterocycles. The first-order chi connectivity index (χ1) is 8.32. The first kappa shape index (κ1) is 13.2. The average Bonchev–Trinajstić information content (AvgIpc) is 2.69. The Labute approximate surface area is 102 Å². The van der Waals surface area contributed by atoms with E-state index < -0.39 is 54.2 Å². The number of rotatable bonds is 2. The molecular formula is C10H15NO7. The number of carbonyl (C=O) groups excluding carboxylic acids is 2. The van der Waals surface area contributed by atoms with Gasteiger partial charge in [-0.3, -0.25) is 9.59 Å². The summed E-state index contributed by atoms with van der Waals surface area (Å²) in [6.45, 7) is 0. The van der Waals surface area contributed by atoms with Gasteiger partial charge in [-0.15, -0.1) is 0 Å². The lowest BCUT2D eigenvalue weighted by molar-refractivity contribution is -0.159. The van der Waals surface area contributed by atoms with Crippen molar-refractivity contribution < 1.29 is 34.8 Å². The number of amides is 1. The smallest absolute Gasteiger partial charge is 0.309 e. The molecule has 0 unspecified atom stereocenters. The lowest BCUT2D eigenvalue weighted by Gasteiger charge is -2.27. The minimum atomic E-state index is -2.18. The van der Waals surface area contributed by atoms with E-state index >= 15 is 0 Å². The summed E-state index contributed by atoms with van der Waals surface area (Å²) in [6.07, 6.45) is -5.02. The third kappa shape index (κ3) is 1.61. The topological polar surface area (TPSA) is 136 Å². The molecule has 1 amide bonds. The number of aliphatic hydroxyl groups excluding tert-OH is 3. The van der Waals surface area contributed by atoms with Crippen LogP contribution in [0.4, 0.5) is 0 Å². The summed E-state index contributed by atoms with van der Waals surface area (Å²) in [6, 6.07) is -0.989. The molecule has 2 rings (SSSR count). The number of ether oxygens (including phenoxy) is 1. The first-order valence-electron chi connectivity index (χ1n) is 5.47. The van der Waals surface area contributed by atoms with E-state index in [0.717, 1.165) is 7.11 Å². The van der Waals surface area contributed by atoms with Gasteiger partial charge < -0.3 is 30.5 Å². The second-order valence-corrected chi connectivity index (χ2v) is 4.67. The number of aliphatic hydroxyl groups is 4. The second-order valence-electron chi connectivity index (χ2n) is 4.67. The van der Waals surface area contributed by atoms with Crippen molar-refractivity contribution in [2.24, 2.45) is 5.92 Å². The molecule has 8 nitrogen and oxygen atoms in total. The number of hydrogen-bond acceptors (Lipinski definition) is 7. The molecule has 0 radical (unpaired) electrons. The highest BCUT2D eigenvalue weighted by Gasteiger charge is 2.66. The highest BCUT2D eigenvalue weighted by molar-refractivity contribution is 5.92. The van der Waals surface area contributed by atoms with Gasteiger partial charge in [0.1, 0.15) is 12.2 Å². The monoisotopic (exact) mass is 261 g/mol. The van der Waals surface area contributed by atoms with Gasteiger partial charge in [0.15, 0.2) is 5.60 Å². The Morgan fingerprint density at radius 2 is 1.94 bits per heavy atom. The van der Waals surface area contributed by atoms with Gasteiger partial charge in [0.25, 0.3) is 5.91 Å². The molecule has 102 valence electrons. The molecule has 0 aromatic carbocycles. The van der Waals surface area contributed by atoms with Crippen LogP contribution < -0.4 is 5.32 Å². The number of carbonyl (C=O) groups is 2. The van der Waals surface area contributed by atoms with Gasteiger partial charge in [-0.2, -0.15) is 0 Å². The van der Waals surface area contributed by atoms with E-state index in [2.05, 4.69) is 10.1 Å². The van der Waals surface area contributed by atoms with Gasteiger partial charge in [-0.25, -0.2) is 0 Å². The number of fused-ring (bicyclic) bond motifs is 1. The van der Waals surface area contributed by atoms with Crippen molar-refractivity contribution in [3.8, 4) is 0 Å². The zero-order chi connectivity index (χ0) is 13.7. The molecule has 1 heterocycles. The maximum atomic E-state index is 11.7. The van der Waals surface area contributed by atoms with Crippen LogP contribution in [0.3, 0.4) is 0 Å². The van der Waals surface area contributed by atoms with Crippen LogP contribution in [0.1, 0.15) is 6.42 Å². The summed E-state index contributed by atoms with van der Waals surface area (Å²) in [5.41, 5.74) is -2.18. The van der Waals surface area contributed by atoms with Crippen LogP contribution in [0.5, 0.6) is 0 Å². The fourth-order valence-corrected chi connectivity index (χ4v) is 2.72. The lowest BCUT2D eigenvalue weighted by atomic mass is 9.83. The molecule has 5 N–H and O–H groups in total. The van der Waals surface area contributed by atoms with Crippen LogP contribution in [-0.4, -0.2) is 69.4 Å². The Morgan fingerprint density at radius 3 is 2.50 bits per heavy atom. The largest absolute Gasteiger partial charge is 0.469 e. The fraction of sp³-hybridized carbons (Fsp3) is 0.800. The molecule has 18 heavy (non-hydrogen) atoms. The third-order valence-corrected chi connectivity index (χ3v) is 3.71. The summed E-state index contributed by atoms with van der Waals surface area (Å²) in [5, 5.41) is 41.4. The van der Waals surface area contributed by atoms with Gasteiger partial charge in [-0.05, 0) is 0 Å². The summed E-state index contributed by atoms with van der Waals surface area (Å²) in [5.74, 6) is -2.85. The quantitative estimate of drug-likeness (QED) is 0.325. The Balaban J connectivity index is 2.31. The molecule has 1 saturated carbocycles. The zero-order valence-corrected chi connectivity index (χ0v) is 9.61. The molecule has 0 spiro atoms. The molecule has 1 aliphatic heterocycles. The van der Waals surface area contributed by atoms with Gasteiger partial charge in [0, 0.05) is 5.92 Å². The van der Waals surface area contributed by atoms with Crippen LogP contribution >= 0.6 is 0 Å². The predicted molar refractivity (Wildman–Crippen MR) is 55.0 cm³/mol. The van der Waals surface area contributed by atoms with Gasteiger partial charge >= 0.3 is 5.97 Å². The molecule has 8 heteroatoms. The zero-order valence-electron chi connectivity index (χ0n) is 9.61. The number of hydrogen-bond donors (Lipinski definition) is 5. The molecule has 6 atom stereocenters.